The molecule has 0 bridgehead atoms. The molecule has 38 heavy (non-hydrogen) atoms. The third-order valence-electron chi connectivity index (χ3n) is 5.26. The number of benzene rings is 2. The van der Waals surface area contributed by atoms with Gasteiger partial charge in [0.2, 0.25) is 11.9 Å². The number of carbonyl (C=O) groups excluding carboxylic acids is 2. The standard InChI is InChI=1S/C25H32ClN6O5P/c1-5-36-38(35,37-6-2)16-22(33)28-17-10-9-11-18(14-17)29-25-31-23(20(26)15-32(25)4)30-21-13-8-7-12-19(21)24(34)27-3/h7-14,30H,5-6,15-16H2,1-4H3,(H,27,34)(H,28,33)(H,29,31). The molecule has 4 N–H and O–H groups in total. The Morgan fingerprint density at radius 3 is 2.42 bits per heavy atom. The molecule has 1 aliphatic rings. The Kier molecular flexibility index (Phi) is 10.3. The molecule has 2 amide bonds. The maximum atomic E-state index is 12.7. The van der Waals surface area contributed by atoms with Crippen molar-refractivity contribution in [2.75, 3.05) is 56.0 Å². The number of likely N-dealkylation sites (N-methyl/N-ethyl adjacent to an activating group) is 1. The van der Waals surface area contributed by atoms with Crippen LogP contribution in [-0.2, 0) is 18.4 Å². The van der Waals surface area contributed by atoms with Crippen molar-refractivity contribution in [1.29, 1.82) is 0 Å². The van der Waals surface area contributed by atoms with Crippen molar-refractivity contribution in [2.24, 2.45) is 4.99 Å². The van der Waals surface area contributed by atoms with E-state index < -0.39 is 19.7 Å². The summed E-state index contributed by atoms with van der Waals surface area (Å²) in [5.41, 5.74) is 2.16. The number of hydrogen-bond donors (Lipinski definition) is 4. The minimum atomic E-state index is -3.52. The quantitative estimate of drug-likeness (QED) is 0.295. The average Bonchev–Trinajstić information content (AvgIpc) is 2.87. The fourth-order valence-electron chi connectivity index (χ4n) is 3.58. The molecule has 0 saturated carbocycles. The van der Waals surface area contributed by atoms with Crippen molar-refractivity contribution in [3.8, 4) is 0 Å². The van der Waals surface area contributed by atoms with E-state index in [9.17, 15) is 14.2 Å². The number of halogens is 1. The Morgan fingerprint density at radius 1 is 1.05 bits per heavy atom. The van der Waals surface area contributed by atoms with Crippen LogP contribution in [0.25, 0.3) is 0 Å². The lowest BCUT2D eigenvalue weighted by Crippen LogP contribution is -2.37. The van der Waals surface area contributed by atoms with E-state index in [4.69, 9.17) is 20.6 Å². The van der Waals surface area contributed by atoms with Gasteiger partial charge in [-0.3, -0.25) is 14.2 Å². The first kappa shape index (κ1) is 29.2. The van der Waals surface area contributed by atoms with Crippen LogP contribution in [0, 0.1) is 0 Å². The van der Waals surface area contributed by atoms with Gasteiger partial charge in [0, 0.05) is 25.5 Å². The van der Waals surface area contributed by atoms with E-state index in [2.05, 4.69) is 26.3 Å². The van der Waals surface area contributed by atoms with Crippen LogP contribution >= 0.6 is 19.2 Å². The van der Waals surface area contributed by atoms with E-state index in [-0.39, 0.29) is 19.1 Å². The van der Waals surface area contributed by atoms with Crippen molar-refractivity contribution >= 4 is 54.0 Å². The fourth-order valence-corrected chi connectivity index (χ4v) is 5.33. The highest BCUT2D eigenvalue weighted by atomic mass is 35.5. The molecule has 1 heterocycles. The third-order valence-corrected chi connectivity index (χ3v) is 7.53. The molecule has 204 valence electrons. The predicted molar refractivity (Wildman–Crippen MR) is 151 cm³/mol. The van der Waals surface area contributed by atoms with Crippen LogP contribution in [0.1, 0.15) is 24.2 Å². The molecule has 1 aliphatic heterocycles. The molecule has 0 aliphatic carbocycles. The Balaban J connectivity index is 1.75. The summed E-state index contributed by atoms with van der Waals surface area (Å²) in [5, 5.41) is 12.2. The van der Waals surface area contributed by atoms with Crippen LogP contribution < -0.4 is 21.3 Å². The van der Waals surface area contributed by atoms with Gasteiger partial charge >= 0.3 is 7.60 Å². The summed E-state index contributed by atoms with van der Waals surface area (Å²) >= 11 is 6.49. The molecule has 2 aromatic rings. The Hall–Kier alpha value is -3.37. The summed E-state index contributed by atoms with van der Waals surface area (Å²) < 4.78 is 23.1. The Bertz CT molecular complexity index is 1270. The normalized spacial score (nSPS) is 13.6. The highest BCUT2D eigenvalue weighted by molar-refractivity contribution is 7.54. The summed E-state index contributed by atoms with van der Waals surface area (Å²) in [6.07, 6.45) is -0.391. The smallest absolute Gasteiger partial charge is 0.340 e. The number of para-hydroxylation sites is 1. The average molecular weight is 563 g/mol. The summed E-state index contributed by atoms with van der Waals surface area (Å²) in [7, 11) is -0.127. The molecule has 3 rings (SSSR count). The van der Waals surface area contributed by atoms with Gasteiger partial charge in [-0.1, -0.05) is 29.8 Å². The predicted octanol–water partition coefficient (Wildman–Crippen LogP) is 4.48. The van der Waals surface area contributed by atoms with Gasteiger partial charge in [0.15, 0.2) is 5.82 Å². The van der Waals surface area contributed by atoms with E-state index in [0.717, 1.165) is 0 Å². The van der Waals surface area contributed by atoms with E-state index in [1.54, 1.807) is 57.3 Å². The van der Waals surface area contributed by atoms with Gasteiger partial charge in [-0.15, -0.1) is 0 Å². The second-order valence-electron chi connectivity index (χ2n) is 8.15. The third kappa shape index (κ3) is 7.82. The van der Waals surface area contributed by atoms with Crippen LogP contribution in [0.2, 0.25) is 0 Å². The number of anilines is 3. The number of aliphatic imine (C=N–C) groups is 1. The number of nitrogens with zero attached hydrogens (tertiary/aromatic N) is 2. The molecular weight excluding hydrogens is 531 g/mol. The molecule has 0 unspecified atom stereocenters. The van der Waals surface area contributed by atoms with Crippen molar-refractivity contribution in [3.05, 3.63) is 64.9 Å². The highest BCUT2D eigenvalue weighted by Crippen LogP contribution is 2.47. The molecule has 0 spiro atoms. The zero-order valence-electron chi connectivity index (χ0n) is 21.7. The van der Waals surface area contributed by atoms with Gasteiger partial charge in [0.25, 0.3) is 5.91 Å². The van der Waals surface area contributed by atoms with Gasteiger partial charge in [0.05, 0.1) is 36.0 Å². The maximum Gasteiger partial charge on any atom is 0.340 e. The van der Waals surface area contributed by atoms with Crippen molar-refractivity contribution in [2.45, 2.75) is 13.8 Å². The molecule has 13 heteroatoms. The van der Waals surface area contributed by atoms with Crippen LogP contribution in [0.15, 0.2) is 64.4 Å². The number of guanidine groups is 1. The minimum Gasteiger partial charge on any atom is -0.355 e. The molecule has 0 radical (unpaired) electrons. The Morgan fingerprint density at radius 2 is 1.74 bits per heavy atom. The first-order valence-electron chi connectivity index (χ1n) is 12.0. The lowest BCUT2D eigenvalue weighted by Gasteiger charge is -2.27. The fraction of sp³-hybridized carbons (Fsp3) is 0.320. The van der Waals surface area contributed by atoms with Gasteiger partial charge in [-0.2, -0.15) is 4.99 Å². The summed E-state index contributed by atoms with van der Waals surface area (Å²) in [5.74, 6) is 0.166. The lowest BCUT2D eigenvalue weighted by atomic mass is 10.1. The lowest BCUT2D eigenvalue weighted by molar-refractivity contribution is -0.114. The number of carbonyl (C=O) groups is 2. The number of hydrogen-bond acceptors (Lipinski definition) is 9. The van der Waals surface area contributed by atoms with Crippen LogP contribution in [0.5, 0.6) is 0 Å². The molecular formula is C25H32ClN6O5P. The topological polar surface area (TPSA) is 133 Å². The second-order valence-corrected chi connectivity index (χ2v) is 10.7. The van der Waals surface area contributed by atoms with Gasteiger partial charge in [-0.25, -0.2) is 0 Å². The molecule has 0 aromatic heterocycles. The zero-order chi connectivity index (χ0) is 27.7. The van der Waals surface area contributed by atoms with E-state index in [1.807, 2.05) is 24.1 Å². The molecule has 11 nitrogen and oxygen atoms in total. The SMILES string of the molecule is CCOP(=O)(CC(=O)Nc1cccc(NC2=NC(Nc3ccccc3C(=O)NC)=C(Cl)CN2C)c1)OCC. The molecule has 2 aromatic carbocycles. The van der Waals surface area contributed by atoms with Crippen LogP contribution in [0.4, 0.5) is 17.1 Å². The number of amides is 2. The summed E-state index contributed by atoms with van der Waals surface area (Å²) in [6.45, 7) is 4.10. The molecule has 0 atom stereocenters. The zero-order valence-corrected chi connectivity index (χ0v) is 23.4. The second kappa shape index (κ2) is 13.4. The highest BCUT2D eigenvalue weighted by Gasteiger charge is 2.27. The van der Waals surface area contributed by atoms with Gasteiger partial charge in [0.1, 0.15) is 6.16 Å². The summed E-state index contributed by atoms with van der Waals surface area (Å²) in [4.78, 5) is 31.2. The van der Waals surface area contributed by atoms with Crippen LogP contribution in [-0.4, -0.2) is 62.7 Å². The van der Waals surface area contributed by atoms with E-state index in [0.29, 0.717) is 46.0 Å². The number of rotatable bonds is 11. The van der Waals surface area contributed by atoms with Gasteiger partial charge < -0.3 is 35.2 Å². The van der Waals surface area contributed by atoms with Gasteiger partial charge in [-0.05, 0) is 44.2 Å². The van der Waals surface area contributed by atoms with E-state index >= 15 is 0 Å². The first-order chi connectivity index (χ1) is 18.2. The van der Waals surface area contributed by atoms with Crippen molar-refractivity contribution in [3.63, 3.8) is 0 Å². The first-order valence-corrected chi connectivity index (χ1v) is 14.1. The largest absolute Gasteiger partial charge is 0.355 e. The monoisotopic (exact) mass is 562 g/mol. The minimum absolute atomic E-state index is 0.173. The number of nitrogens with one attached hydrogen (secondary N) is 4. The Labute approximate surface area is 227 Å². The van der Waals surface area contributed by atoms with Crippen molar-refractivity contribution in [1.82, 2.24) is 10.2 Å². The maximum absolute atomic E-state index is 12.7. The molecule has 0 saturated heterocycles. The van der Waals surface area contributed by atoms with Crippen LogP contribution in [0.3, 0.4) is 0 Å². The van der Waals surface area contributed by atoms with Crippen molar-refractivity contribution < 1.29 is 23.2 Å². The van der Waals surface area contributed by atoms with E-state index in [1.165, 1.54) is 0 Å². The molecule has 0 fully saturated rings. The summed E-state index contributed by atoms with van der Waals surface area (Å²) in [6, 6.07) is 14.0.